The summed E-state index contributed by atoms with van der Waals surface area (Å²) in [7, 11) is 0. The highest BCUT2D eigenvalue weighted by atomic mass is 35.5. The zero-order valence-corrected chi connectivity index (χ0v) is 19.3. The Bertz CT molecular complexity index is 1440. The van der Waals surface area contributed by atoms with Crippen molar-refractivity contribution < 1.29 is 4.79 Å². The van der Waals surface area contributed by atoms with Crippen molar-refractivity contribution in [1.82, 2.24) is 0 Å². The van der Waals surface area contributed by atoms with E-state index in [0.29, 0.717) is 15.9 Å². The molecule has 4 aromatic carbocycles. The largest absolute Gasteiger partial charge is 0.322 e. The van der Waals surface area contributed by atoms with E-state index in [4.69, 9.17) is 28.3 Å². The molecule has 2 aliphatic rings. The molecule has 1 unspecified atom stereocenters. The van der Waals surface area contributed by atoms with Crippen LogP contribution in [0, 0.1) is 0 Å². The second-order valence-corrected chi connectivity index (χ2v) is 8.94. The number of fused-ring (bicyclic) bond motifs is 2. The highest BCUT2D eigenvalue weighted by Crippen LogP contribution is 2.50. The van der Waals surface area contributed by atoms with Crippen LogP contribution in [0.15, 0.2) is 108 Å². The number of hydrogen-bond acceptors (Lipinski definition) is 4. The average molecular weight is 485 g/mol. The number of rotatable bonds is 3. The van der Waals surface area contributed by atoms with E-state index in [0.717, 1.165) is 28.2 Å². The van der Waals surface area contributed by atoms with Crippen molar-refractivity contribution in [2.75, 3.05) is 15.2 Å². The van der Waals surface area contributed by atoms with E-state index >= 15 is 0 Å². The topological polar surface area (TPSA) is 47.9 Å². The lowest BCUT2D eigenvalue weighted by atomic mass is 9.96. The molecule has 2 aliphatic heterocycles. The number of benzene rings is 4. The van der Waals surface area contributed by atoms with Crippen LogP contribution < -0.4 is 15.2 Å². The number of anilines is 3. The van der Waals surface area contributed by atoms with Gasteiger partial charge >= 0.3 is 0 Å². The molecule has 0 saturated carbocycles. The fourth-order valence-electron chi connectivity index (χ4n) is 4.65. The van der Waals surface area contributed by atoms with Crippen LogP contribution in [0.25, 0.3) is 0 Å². The Morgan fingerprint density at radius 3 is 2.24 bits per heavy atom. The Morgan fingerprint density at radius 1 is 0.735 bits per heavy atom. The lowest BCUT2D eigenvalue weighted by molar-refractivity contribution is -0.120. The predicted molar refractivity (Wildman–Crippen MR) is 138 cm³/mol. The first-order valence-corrected chi connectivity index (χ1v) is 11.5. The number of carbonyl (C=O) groups is 1. The van der Waals surface area contributed by atoms with Crippen molar-refractivity contribution in [3.8, 4) is 0 Å². The van der Waals surface area contributed by atoms with Crippen LogP contribution in [0.2, 0.25) is 10.0 Å². The summed E-state index contributed by atoms with van der Waals surface area (Å²) in [6.45, 7) is 0. The zero-order chi connectivity index (χ0) is 23.3. The lowest BCUT2D eigenvalue weighted by Gasteiger charge is -2.40. The van der Waals surface area contributed by atoms with Gasteiger partial charge in [-0.1, -0.05) is 71.7 Å². The number of hydrogen-bond donors (Lipinski definition) is 1. The van der Waals surface area contributed by atoms with Crippen molar-refractivity contribution in [3.63, 3.8) is 0 Å². The molecule has 1 atom stereocenters. The van der Waals surface area contributed by atoms with E-state index in [1.54, 1.807) is 5.01 Å². The molecule has 1 N–H and O–H groups in total. The van der Waals surface area contributed by atoms with Gasteiger partial charge in [-0.15, -0.1) is 0 Å². The van der Waals surface area contributed by atoms with E-state index in [-0.39, 0.29) is 5.91 Å². The first kappa shape index (κ1) is 20.8. The van der Waals surface area contributed by atoms with Crippen molar-refractivity contribution in [2.45, 2.75) is 5.66 Å². The number of amidine groups is 1. The quantitative estimate of drug-likeness (QED) is 0.361. The molecule has 7 heteroatoms. The maximum atomic E-state index is 14.0. The number of para-hydroxylation sites is 2. The Morgan fingerprint density at radius 2 is 1.47 bits per heavy atom. The van der Waals surface area contributed by atoms with Crippen LogP contribution in [-0.2, 0) is 10.5 Å². The SMILES string of the molecule is O=C1Nc2ccccc2C12N(c1ccccc1)N=C(c1cccc(Cl)c1)N2c1ccc(Cl)cc1. The van der Waals surface area contributed by atoms with E-state index in [1.165, 1.54) is 0 Å². The third-order valence-corrected chi connectivity index (χ3v) is 6.56. The van der Waals surface area contributed by atoms with Crippen molar-refractivity contribution in [3.05, 3.63) is 124 Å². The molecular formula is C27H18Cl2N4O. The first-order chi connectivity index (χ1) is 16.6. The minimum Gasteiger partial charge on any atom is -0.322 e. The summed E-state index contributed by atoms with van der Waals surface area (Å²) in [5.74, 6) is 0.397. The summed E-state index contributed by atoms with van der Waals surface area (Å²) in [5.41, 5.74) is 2.61. The van der Waals surface area contributed by atoms with Crippen LogP contribution in [-0.4, -0.2) is 11.7 Å². The highest BCUT2D eigenvalue weighted by Gasteiger charge is 2.61. The molecule has 4 aromatic rings. The van der Waals surface area contributed by atoms with Crippen molar-refractivity contribution in [1.29, 1.82) is 0 Å². The summed E-state index contributed by atoms with van der Waals surface area (Å²) in [5, 5.41) is 11.1. The van der Waals surface area contributed by atoms with Crippen LogP contribution in [0.5, 0.6) is 0 Å². The third-order valence-electron chi connectivity index (χ3n) is 6.07. The number of amides is 1. The van der Waals surface area contributed by atoms with Crippen LogP contribution >= 0.6 is 23.2 Å². The van der Waals surface area contributed by atoms with E-state index in [1.807, 2.05) is 108 Å². The second-order valence-electron chi connectivity index (χ2n) is 8.07. The van der Waals surface area contributed by atoms with Gasteiger partial charge in [0.25, 0.3) is 5.91 Å². The summed E-state index contributed by atoms with van der Waals surface area (Å²) in [6, 6.07) is 32.3. The van der Waals surface area contributed by atoms with Crippen LogP contribution in [0.4, 0.5) is 17.1 Å². The molecule has 0 radical (unpaired) electrons. The molecule has 1 spiro atoms. The van der Waals surface area contributed by atoms with Gasteiger partial charge in [0.2, 0.25) is 5.66 Å². The monoisotopic (exact) mass is 484 g/mol. The number of nitrogens with zero attached hydrogens (tertiary/aromatic N) is 3. The van der Waals surface area contributed by atoms with Crippen LogP contribution in [0.1, 0.15) is 11.1 Å². The maximum Gasteiger partial charge on any atom is 0.278 e. The van der Waals surface area contributed by atoms with Gasteiger partial charge in [-0.3, -0.25) is 9.69 Å². The Hall–Kier alpha value is -3.80. The van der Waals surface area contributed by atoms with Crippen molar-refractivity contribution in [2.24, 2.45) is 5.10 Å². The molecule has 0 aliphatic carbocycles. The predicted octanol–water partition coefficient (Wildman–Crippen LogP) is 6.49. The number of hydrazone groups is 1. The number of nitrogens with one attached hydrogen (secondary N) is 1. The molecule has 0 aromatic heterocycles. The smallest absolute Gasteiger partial charge is 0.278 e. The number of carbonyl (C=O) groups excluding carboxylic acids is 1. The summed E-state index contributed by atoms with van der Waals surface area (Å²) < 4.78 is 0. The van der Waals surface area contributed by atoms with Gasteiger partial charge in [0.05, 0.1) is 5.69 Å². The molecule has 6 rings (SSSR count). The first-order valence-electron chi connectivity index (χ1n) is 10.8. The number of halogens is 2. The van der Waals surface area contributed by atoms with E-state index < -0.39 is 5.66 Å². The molecule has 0 saturated heterocycles. The average Bonchev–Trinajstić information content (AvgIpc) is 3.36. The molecule has 5 nitrogen and oxygen atoms in total. The molecular weight excluding hydrogens is 467 g/mol. The zero-order valence-electron chi connectivity index (χ0n) is 17.8. The van der Waals surface area contributed by atoms with Gasteiger partial charge < -0.3 is 5.32 Å². The second kappa shape index (κ2) is 7.90. The van der Waals surface area contributed by atoms with Gasteiger partial charge in [0.15, 0.2) is 5.84 Å². The summed E-state index contributed by atoms with van der Waals surface area (Å²) in [4.78, 5) is 16.0. The van der Waals surface area contributed by atoms with Gasteiger partial charge in [-0.2, -0.15) is 5.10 Å². The molecule has 0 bridgehead atoms. The summed E-state index contributed by atoms with van der Waals surface area (Å²) in [6.07, 6.45) is 0. The molecule has 34 heavy (non-hydrogen) atoms. The van der Waals surface area contributed by atoms with Crippen LogP contribution in [0.3, 0.4) is 0 Å². The van der Waals surface area contributed by atoms with Gasteiger partial charge in [0, 0.05) is 32.5 Å². The minimum absolute atomic E-state index is 0.201. The molecule has 1 amide bonds. The molecule has 2 heterocycles. The van der Waals surface area contributed by atoms with Gasteiger partial charge in [0.1, 0.15) is 0 Å². The Kier molecular flexibility index (Phi) is 4.83. The van der Waals surface area contributed by atoms with Gasteiger partial charge in [-0.05, 0) is 54.6 Å². The minimum atomic E-state index is -1.29. The Labute approximate surface area is 206 Å². The van der Waals surface area contributed by atoms with E-state index in [2.05, 4.69) is 5.32 Å². The standard InChI is InChI=1S/C27H18Cl2N4O/c28-19-13-15-21(16-14-19)32-25(18-7-6-8-20(29)17-18)31-33(22-9-2-1-3-10-22)27(32)23-11-4-5-12-24(23)30-26(27)34/h1-17H,(H,30,34). The van der Waals surface area contributed by atoms with Crippen molar-refractivity contribution >= 4 is 52.0 Å². The Balaban J connectivity index is 1.69. The molecule has 0 fully saturated rings. The maximum absolute atomic E-state index is 14.0. The highest BCUT2D eigenvalue weighted by molar-refractivity contribution is 6.32. The van der Waals surface area contributed by atoms with E-state index in [9.17, 15) is 4.79 Å². The fraction of sp³-hybridized carbons (Fsp3) is 0.0370. The molecule has 166 valence electrons. The normalized spacial score (nSPS) is 18.8. The third kappa shape index (κ3) is 3.01. The van der Waals surface area contributed by atoms with Gasteiger partial charge in [-0.25, -0.2) is 5.01 Å². The fourth-order valence-corrected chi connectivity index (χ4v) is 4.96. The lowest BCUT2D eigenvalue weighted by Crippen LogP contribution is -2.58. The summed E-state index contributed by atoms with van der Waals surface area (Å²) >= 11 is 12.6.